The number of nitrogens with zero attached hydrogens (tertiary/aromatic N) is 3. The Hall–Kier alpha value is -3.62. The molecule has 1 unspecified atom stereocenters. The van der Waals surface area contributed by atoms with Crippen molar-refractivity contribution in [1.29, 1.82) is 0 Å². The second-order valence-corrected chi connectivity index (χ2v) is 7.35. The molecule has 9 heteroatoms. The molecule has 1 aromatic heterocycles. The topological polar surface area (TPSA) is 98.2 Å². The SMILES string of the molecule is Cc1cc(C(=O)CN2C(=O)C(=O)N(C)C2=O)c(C)n1CC1COc2ccccc2O1. The normalized spacial score (nSPS) is 18.4. The molecule has 1 aromatic carbocycles. The number of benzene rings is 1. The molecule has 4 rings (SSSR count). The van der Waals surface area contributed by atoms with E-state index in [4.69, 9.17) is 9.47 Å². The van der Waals surface area contributed by atoms with E-state index in [1.54, 1.807) is 13.0 Å². The summed E-state index contributed by atoms with van der Waals surface area (Å²) in [6.45, 7) is 4.03. The predicted octanol–water partition coefficient (Wildman–Crippen LogP) is 1.55. The van der Waals surface area contributed by atoms with Gasteiger partial charge in [0.2, 0.25) is 0 Å². The molecule has 0 saturated carbocycles. The lowest BCUT2D eigenvalue weighted by molar-refractivity contribution is -0.142. The molecule has 2 aliphatic heterocycles. The van der Waals surface area contributed by atoms with Crippen molar-refractivity contribution in [2.75, 3.05) is 20.2 Å². The molecule has 3 heterocycles. The van der Waals surface area contributed by atoms with Crippen molar-refractivity contribution in [1.82, 2.24) is 14.4 Å². The number of aryl methyl sites for hydroxylation is 1. The van der Waals surface area contributed by atoms with Crippen LogP contribution in [0.1, 0.15) is 21.7 Å². The van der Waals surface area contributed by atoms with Crippen molar-refractivity contribution in [2.45, 2.75) is 26.5 Å². The summed E-state index contributed by atoms with van der Waals surface area (Å²) >= 11 is 0. The van der Waals surface area contributed by atoms with E-state index < -0.39 is 30.2 Å². The molecule has 30 heavy (non-hydrogen) atoms. The van der Waals surface area contributed by atoms with Crippen molar-refractivity contribution in [3.05, 3.63) is 47.3 Å². The highest BCUT2D eigenvalue weighted by Gasteiger charge is 2.43. The summed E-state index contributed by atoms with van der Waals surface area (Å²) in [7, 11) is 1.21. The van der Waals surface area contributed by atoms with Crippen LogP contribution in [0.15, 0.2) is 30.3 Å². The first kappa shape index (κ1) is 19.7. The standard InChI is InChI=1S/C21H21N3O6/c1-12-8-15(16(25)10-24-20(27)19(26)22(3)21(24)28)13(2)23(12)9-14-11-29-17-6-4-5-7-18(17)30-14/h4-8,14H,9-11H2,1-3H3. The molecule has 1 saturated heterocycles. The van der Waals surface area contributed by atoms with Gasteiger partial charge >= 0.3 is 17.8 Å². The molecular formula is C21H21N3O6. The number of amides is 4. The Balaban J connectivity index is 1.50. The van der Waals surface area contributed by atoms with E-state index in [2.05, 4.69) is 0 Å². The predicted molar refractivity (Wildman–Crippen MR) is 104 cm³/mol. The average Bonchev–Trinajstić information content (AvgIpc) is 3.12. The molecule has 9 nitrogen and oxygen atoms in total. The van der Waals surface area contributed by atoms with Gasteiger partial charge in [0.05, 0.1) is 13.1 Å². The molecular weight excluding hydrogens is 390 g/mol. The molecule has 0 radical (unpaired) electrons. The van der Waals surface area contributed by atoms with Gasteiger partial charge in [0.1, 0.15) is 6.61 Å². The van der Waals surface area contributed by atoms with E-state index in [0.29, 0.717) is 45.7 Å². The van der Waals surface area contributed by atoms with Gasteiger partial charge in [0.15, 0.2) is 23.4 Å². The first-order valence-electron chi connectivity index (χ1n) is 9.50. The number of likely N-dealkylation sites (N-methyl/N-ethyl adjacent to an activating group) is 1. The van der Waals surface area contributed by atoms with Gasteiger partial charge in [-0.15, -0.1) is 0 Å². The summed E-state index contributed by atoms with van der Waals surface area (Å²) in [5.74, 6) is -0.966. The Labute approximate surface area is 172 Å². The van der Waals surface area contributed by atoms with E-state index in [1.807, 2.05) is 35.8 Å². The minimum absolute atomic E-state index is 0.235. The van der Waals surface area contributed by atoms with Crippen LogP contribution in [-0.2, 0) is 16.1 Å². The summed E-state index contributed by atoms with van der Waals surface area (Å²) < 4.78 is 13.7. The summed E-state index contributed by atoms with van der Waals surface area (Å²) in [5, 5.41) is 0. The van der Waals surface area contributed by atoms with E-state index in [0.717, 1.165) is 5.69 Å². The third-order valence-electron chi connectivity index (χ3n) is 5.38. The maximum Gasteiger partial charge on any atom is 0.334 e. The Morgan fingerprint density at radius 3 is 2.47 bits per heavy atom. The number of para-hydroxylation sites is 2. The number of aromatic nitrogens is 1. The molecule has 156 valence electrons. The molecule has 0 N–H and O–H groups in total. The Bertz CT molecular complexity index is 1070. The van der Waals surface area contributed by atoms with Crippen molar-refractivity contribution < 1.29 is 28.7 Å². The highest BCUT2D eigenvalue weighted by molar-refractivity contribution is 6.45. The number of hydrogen-bond acceptors (Lipinski definition) is 6. The Morgan fingerprint density at radius 1 is 1.10 bits per heavy atom. The maximum atomic E-state index is 12.8. The van der Waals surface area contributed by atoms with E-state index in [-0.39, 0.29) is 6.10 Å². The zero-order chi connectivity index (χ0) is 21.6. The molecule has 0 aliphatic carbocycles. The van der Waals surface area contributed by atoms with Crippen LogP contribution in [0.4, 0.5) is 4.79 Å². The minimum atomic E-state index is -0.990. The van der Waals surface area contributed by atoms with Crippen LogP contribution in [0, 0.1) is 13.8 Å². The fourth-order valence-electron chi connectivity index (χ4n) is 3.70. The molecule has 2 aromatic rings. The van der Waals surface area contributed by atoms with E-state index in [1.165, 1.54) is 7.05 Å². The van der Waals surface area contributed by atoms with Crippen molar-refractivity contribution in [3.63, 3.8) is 0 Å². The number of carbonyl (C=O) groups is 4. The van der Waals surface area contributed by atoms with Crippen LogP contribution in [0.5, 0.6) is 11.5 Å². The molecule has 0 bridgehead atoms. The number of urea groups is 1. The lowest BCUT2D eigenvalue weighted by Gasteiger charge is -2.27. The fraction of sp³-hybridized carbons (Fsp3) is 0.333. The summed E-state index contributed by atoms with van der Waals surface area (Å²) in [5.41, 5.74) is 1.93. The minimum Gasteiger partial charge on any atom is -0.486 e. The van der Waals surface area contributed by atoms with Gasteiger partial charge in [-0.05, 0) is 32.0 Å². The Morgan fingerprint density at radius 2 is 1.80 bits per heavy atom. The number of ketones is 1. The smallest absolute Gasteiger partial charge is 0.334 e. The highest BCUT2D eigenvalue weighted by atomic mass is 16.6. The van der Waals surface area contributed by atoms with Gasteiger partial charge in [-0.1, -0.05) is 12.1 Å². The number of fused-ring (bicyclic) bond motifs is 1. The van der Waals surface area contributed by atoms with Crippen molar-refractivity contribution in [3.8, 4) is 11.5 Å². The van der Waals surface area contributed by atoms with Gasteiger partial charge in [0, 0.05) is 24.0 Å². The monoisotopic (exact) mass is 411 g/mol. The second kappa shape index (κ2) is 7.33. The molecule has 0 spiro atoms. The van der Waals surface area contributed by atoms with Gasteiger partial charge < -0.3 is 14.0 Å². The van der Waals surface area contributed by atoms with Crippen molar-refractivity contribution >= 4 is 23.6 Å². The molecule has 4 amide bonds. The quantitative estimate of drug-likeness (QED) is 0.421. The van der Waals surface area contributed by atoms with Gasteiger partial charge in [-0.2, -0.15) is 0 Å². The zero-order valence-corrected chi connectivity index (χ0v) is 16.9. The van der Waals surface area contributed by atoms with Gasteiger partial charge in [-0.3, -0.25) is 19.3 Å². The largest absolute Gasteiger partial charge is 0.486 e. The summed E-state index contributed by atoms with van der Waals surface area (Å²) in [6, 6.07) is 8.36. The van der Waals surface area contributed by atoms with Crippen LogP contribution >= 0.6 is 0 Å². The number of Topliss-reactive ketones (excluding diaryl/α,β-unsaturated/α-hetero) is 1. The first-order valence-corrected chi connectivity index (χ1v) is 9.50. The lowest BCUT2D eigenvalue weighted by atomic mass is 10.1. The summed E-state index contributed by atoms with van der Waals surface area (Å²) in [6.07, 6.45) is -0.235. The third kappa shape index (κ3) is 3.22. The number of carbonyl (C=O) groups excluding carboxylic acids is 4. The highest BCUT2D eigenvalue weighted by Crippen LogP contribution is 2.31. The van der Waals surface area contributed by atoms with Crippen LogP contribution < -0.4 is 9.47 Å². The number of imide groups is 2. The first-order chi connectivity index (χ1) is 14.3. The number of ether oxygens (including phenoxy) is 2. The van der Waals surface area contributed by atoms with E-state index >= 15 is 0 Å². The molecule has 2 aliphatic rings. The van der Waals surface area contributed by atoms with Gasteiger partial charge in [-0.25, -0.2) is 9.69 Å². The number of hydrogen-bond donors (Lipinski definition) is 0. The van der Waals surface area contributed by atoms with Crippen LogP contribution in [-0.4, -0.2) is 64.3 Å². The van der Waals surface area contributed by atoms with Crippen LogP contribution in [0.3, 0.4) is 0 Å². The lowest BCUT2D eigenvalue weighted by Crippen LogP contribution is -2.36. The fourth-order valence-corrected chi connectivity index (χ4v) is 3.70. The zero-order valence-electron chi connectivity index (χ0n) is 16.9. The van der Waals surface area contributed by atoms with E-state index in [9.17, 15) is 19.2 Å². The van der Waals surface area contributed by atoms with Crippen LogP contribution in [0.2, 0.25) is 0 Å². The molecule has 1 fully saturated rings. The van der Waals surface area contributed by atoms with Crippen molar-refractivity contribution in [2.24, 2.45) is 0 Å². The number of rotatable bonds is 5. The molecule has 1 atom stereocenters. The summed E-state index contributed by atoms with van der Waals surface area (Å²) in [4.78, 5) is 49.8. The Kier molecular flexibility index (Phi) is 4.81. The third-order valence-corrected chi connectivity index (χ3v) is 5.38. The van der Waals surface area contributed by atoms with Gasteiger partial charge in [0.25, 0.3) is 0 Å². The maximum absolute atomic E-state index is 12.8. The van der Waals surface area contributed by atoms with Crippen LogP contribution in [0.25, 0.3) is 0 Å². The second-order valence-electron chi connectivity index (χ2n) is 7.35. The average molecular weight is 411 g/mol.